The number of rotatable bonds is 6. The highest BCUT2D eigenvalue weighted by Crippen LogP contribution is 2.08. The fourth-order valence-corrected chi connectivity index (χ4v) is 1.72. The van der Waals surface area contributed by atoms with Gasteiger partial charge < -0.3 is 16.0 Å². The van der Waals surface area contributed by atoms with Gasteiger partial charge in [-0.1, -0.05) is 13.0 Å². The fourth-order valence-electron chi connectivity index (χ4n) is 1.72. The van der Waals surface area contributed by atoms with E-state index >= 15 is 0 Å². The van der Waals surface area contributed by atoms with Gasteiger partial charge in [-0.25, -0.2) is 4.39 Å². The van der Waals surface area contributed by atoms with E-state index in [-0.39, 0.29) is 11.7 Å². The van der Waals surface area contributed by atoms with Crippen molar-refractivity contribution in [3.63, 3.8) is 0 Å². The van der Waals surface area contributed by atoms with Crippen molar-refractivity contribution in [2.75, 3.05) is 20.1 Å². The number of nitrogens with zero attached hydrogens (tertiary/aromatic N) is 1. The molecule has 1 aromatic carbocycles. The monoisotopic (exact) mass is 308 g/mol. The van der Waals surface area contributed by atoms with Crippen molar-refractivity contribution in [3.05, 3.63) is 35.1 Å². The van der Waals surface area contributed by atoms with Crippen LogP contribution in [-0.4, -0.2) is 38.0 Å². The van der Waals surface area contributed by atoms with Crippen molar-refractivity contribution in [2.24, 2.45) is 4.99 Å². The van der Waals surface area contributed by atoms with Gasteiger partial charge in [0.15, 0.2) is 5.96 Å². The molecular formula is C16H25FN4O. The Morgan fingerprint density at radius 2 is 2.00 bits per heavy atom. The molecule has 0 saturated heterocycles. The molecular weight excluding hydrogens is 283 g/mol. The molecule has 0 saturated carbocycles. The summed E-state index contributed by atoms with van der Waals surface area (Å²) in [6, 6.07) is 4.79. The molecule has 1 aromatic rings. The summed E-state index contributed by atoms with van der Waals surface area (Å²) in [7, 11) is 1.70. The first-order chi connectivity index (χ1) is 10.5. The Labute approximate surface area is 131 Å². The lowest BCUT2D eigenvalue weighted by molar-refractivity contribution is 0.0954. The number of nitrogens with one attached hydrogen (secondary N) is 3. The average molecular weight is 308 g/mol. The van der Waals surface area contributed by atoms with Crippen molar-refractivity contribution in [3.8, 4) is 0 Å². The summed E-state index contributed by atoms with van der Waals surface area (Å²) in [5.41, 5.74) is 0.850. The van der Waals surface area contributed by atoms with Crippen LogP contribution in [0.4, 0.5) is 4.39 Å². The number of aryl methyl sites for hydroxylation is 1. The minimum Gasteiger partial charge on any atom is -0.355 e. The van der Waals surface area contributed by atoms with E-state index < -0.39 is 0 Å². The zero-order valence-corrected chi connectivity index (χ0v) is 13.7. The molecule has 3 N–H and O–H groups in total. The van der Waals surface area contributed by atoms with Crippen LogP contribution in [-0.2, 0) is 0 Å². The number of guanidine groups is 1. The van der Waals surface area contributed by atoms with Gasteiger partial charge in [0, 0.05) is 31.7 Å². The van der Waals surface area contributed by atoms with Gasteiger partial charge in [0.2, 0.25) is 0 Å². The van der Waals surface area contributed by atoms with Crippen molar-refractivity contribution in [2.45, 2.75) is 33.2 Å². The number of carbonyl (C=O) groups is 1. The average Bonchev–Trinajstić information content (AvgIpc) is 2.52. The first-order valence-corrected chi connectivity index (χ1v) is 7.49. The number of hydrogen-bond acceptors (Lipinski definition) is 2. The van der Waals surface area contributed by atoms with Crippen LogP contribution in [0.25, 0.3) is 0 Å². The molecule has 0 radical (unpaired) electrons. The van der Waals surface area contributed by atoms with Gasteiger partial charge in [-0.15, -0.1) is 0 Å². The van der Waals surface area contributed by atoms with Crippen molar-refractivity contribution < 1.29 is 9.18 Å². The van der Waals surface area contributed by atoms with Gasteiger partial charge in [-0.05, 0) is 38.0 Å². The molecule has 5 nitrogen and oxygen atoms in total. The van der Waals surface area contributed by atoms with Crippen LogP contribution in [0.15, 0.2) is 23.2 Å². The Balaban J connectivity index is 2.37. The molecule has 122 valence electrons. The third kappa shape index (κ3) is 5.71. The maximum Gasteiger partial charge on any atom is 0.251 e. The molecule has 1 amide bonds. The molecule has 22 heavy (non-hydrogen) atoms. The fraction of sp³-hybridized carbons (Fsp3) is 0.500. The molecule has 0 aromatic heterocycles. The van der Waals surface area contributed by atoms with E-state index in [0.29, 0.717) is 36.2 Å². The number of amides is 1. The molecule has 1 atom stereocenters. The summed E-state index contributed by atoms with van der Waals surface area (Å²) in [6.07, 6.45) is 0.996. The maximum atomic E-state index is 13.4. The van der Waals surface area contributed by atoms with Crippen LogP contribution in [0.1, 0.15) is 36.2 Å². The lowest BCUT2D eigenvalue weighted by Gasteiger charge is -2.16. The number of aliphatic imine (C=N–C) groups is 1. The second kappa shape index (κ2) is 9.02. The third-order valence-corrected chi connectivity index (χ3v) is 3.36. The van der Waals surface area contributed by atoms with E-state index in [1.807, 2.05) is 0 Å². The third-order valence-electron chi connectivity index (χ3n) is 3.36. The molecule has 0 bridgehead atoms. The van der Waals surface area contributed by atoms with E-state index in [1.54, 1.807) is 26.1 Å². The Morgan fingerprint density at radius 3 is 2.59 bits per heavy atom. The predicted octanol–water partition coefficient (Wildman–Crippen LogP) is 1.83. The van der Waals surface area contributed by atoms with E-state index in [9.17, 15) is 9.18 Å². The van der Waals surface area contributed by atoms with Crippen molar-refractivity contribution in [1.82, 2.24) is 16.0 Å². The Kier molecular flexibility index (Phi) is 7.36. The zero-order chi connectivity index (χ0) is 16.5. The maximum absolute atomic E-state index is 13.4. The van der Waals surface area contributed by atoms with Gasteiger partial charge in [-0.3, -0.25) is 9.79 Å². The number of carbonyl (C=O) groups excluding carboxylic acids is 1. The summed E-state index contributed by atoms with van der Waals surface area (Å²) in [5.74, 6) is 0.0412. The lowest BCUT2D eigenvalue weighted by Crippen LogP contribution is -2.44. The number of benzene rings is 1. The van der Waals surface area contributed by atoms with Crippen molar-refractivity contribution >= 4 is 11.9 Å². The highest BCUT2D eigenvalue weighted by molar-refractivity contribution is 5.94. The summed E-state index contributed by atoms with van der Waals surface area (Å²) in [5, 5.41) is 9.08. The first-order valence-electron chi connectivity index (χ1n) is 7.49. The van der Waals surface area contributed by atoms with Crippen LogP contribution in [0, 0.1) is 12.7 Å². The minimum atomic E-state index is -0.371. The van der Waals surface area contributed by atoms with Gasteiger partial charge in [-0.2, -0.15) is 0 Å². The smallest absolute Gasteiger partial charge is 0.251 e. The lowest BCUT2D eigenvalue weighted by atomic mass is 10.1. The predicted molar refractivity (Wildman–Crippen MR) is 87.7 cm³/mol. The van der Waals surface area contributed by atoms with E-state index in [1.165, 1.54) is 6.07 Å². The molecule has 0 heterocycles. The van der Waals surface area contributed by atoms with Crippen LogP contribution in [0.5, 0.6) is 0 Å². The minimum absolute atomic E-state index is 0.287. The summed E-state index contributed by atoms with van der Waals surface area (Å²) in [4.78, 5) is 16.0. The van der Waals surface area contributed by atoms with Crippen LogP contribution in [0.2, 0.25) is 0 Å². The second-order valence-corrected chi connectivity index (χ2v) is 5.17. The zero-order valence-electron chi connectivity index (χ0n) is 13.7. The molecule has 0 aliphatic rings. The number of hydrogen-bond donors (Lipinski definition) is 3. The van der Waals surface area contributed by atoms with Gasteiger partial charge in [0.05, 0.1) is 0 Å². The van der Waals surface area contributed by atoms with Gasteiger partial charge in [0.25, 0.3) is 5.91 Å². The SMILES string of the molecule is CCC(C)NC(=NC)NCCNC(=O)c1ccc(C)c(F)c1. The molecule has 0 spiro atoms. The van der Waals surface area contributed by atoms with Gasteiger partial charge in [0.1, 0.15) is 5.82 Å². The standard InChI is InChI=1S/C16H25FN4O/c1-5-12(3)21-16(18-4)20-9-8-19-15(22)13-7-6-11(2)14(17)10-13/h6-7,10,12H,5,8-9H2,1-4H3,(H,19,22)(H2,18,20,21). The quantitative estimate of drug-likeness (QED) is 0.427. The van der Waals surface area contributed by atoms with Gasteiger partial charge >= 0.3 is 0 Å². The van der Waals surface area contributed by atoms with E-state index in [4.69, 9.17) is 0 Å². The molecule has 1 rings (SSSR count). The normalized spacial score (nSPS) is 12.7. The molecule has 0 fully saturated rings. The van der Waals surface area contributed by atoms with Crippen LogP contribution < -0.4 is 16.0 Å². The second-order valence-electron chi connectivity index (χ2n) is 5.17. The Bertz CT molecular complexity index is 531. The molecule has 0 aliphatic heterocycles. The largest absolute Gasteiger partial charge is 0.355 e. The van der Waals surface area contributed by atoms with Crippen molar-refractivity contribution in [1.29, 1.82) is 0 Å². The summed E-state index contributed by atoms with van der Waals surface area (Å²) < 4.78 is 13.4. The van der Waals surface area contributed by atoms with E-state index in [2.05, 4.69) is 34.8 Å². The Morgan fingerprint density at radius 1 is 1.32 bits per heavy atom. The Hall–Kier alpha value is -2.11. The highest BCUT2D eigenvalue weighted by Gasteiger charge is 2.07. The molecule has 0 aliphatic carbocycles. The summed E-state index contributed by atoms with van der Waals surface area (Å²) >= 11 is 0. The summed E-state index contributed by atoms with van der Waals surface area (Å²) in [6.45, 7) is 6.79. The van der Waals surface area contributed by atoms with Crippen LogP contribution in [0.3, 0.4) is 0 Å². The number of halogens is 1. The topological polar surface area (TPSA) is 65.5 Å². The van der Waals surface area contributed by atoms with E-state index in [0.717, 1.165) is 6.42 Å². The van der Waals surface area contributed by atoms with Crippen LogP contribution >= 0.6 is 0 Å². The molecule has 1 unspecified atom stereocenters. The highest BCUT2D eigenvalue weighted by atomic mass is 19.1. The first kappa shape index (κ1) is 17.9. The molecule has 6 heteroatoms.